The molecule has 0 atom stereocenters. The zero-order valence-electron chi connectivity index (χ0n) is 10.8. The molecule has 0 aliphatic rings. The molecule has 5 heteroatoms. The molecular weight excluding hydrogens is 277 g/mol. The molecule has 0 fully saturated rings. The number of hydrogen-bond donors (Lipinski definition) is 0. The Morgan fingerprint density at radius 1 is 1.05 bits per heavy atom. The Bertz CT molecular complexity index is 727. The van der Waals surface area contributed by atoms with Crippen LogP contribution in [0.2, 0.25) is 5.02 Å². The maximum Gasteiger partial charge on any atom is 0.132 e. The summed E-state index contributed by atoms with van der Waals surface area (Å²) in [6.07, 6.45) is 0. The molecular formula is C15H9ClFN3. The van der Waals surface area contributed by atoms with Gasteiger partial charge in [0.25, 0.3) is 0 Å². The van der Waals surface area contributed by atoms with E-state index in [0.29, 0.717) is 11.4 Å². The van der Waals surface area contributed by atoms with Gasteiger partial charge in [-0.2, -0.15) is 10.5 Å². The molecule has 0 bridgehead atoms. The maximum absolute atomic E-state index is 14.1. The maximum atomic E-state index is 14.1. The first-order valence-electron chi connectivity index (χ1n) is 5.77. The summed E-state index contributed by atoms with van der Waals surface area (Å²) < 4.78 is 14.1. The van der Waals surface area contributed by atoms with Crippen LogP contribution in [0.5, 0.6) is 0 Å². The van der Waals surface area contributed by atoms with E-state index in [1.54, 1.807) is 13.8 Å². The van der Waals surface area contributed by atoms with Crippen molar-refractivity contribution in [3.8, 4) is 23.3 Å². The lowest BCUT2D eigenvalue weighted by molar-refractivity contribution is 0.631. The van der Waals surface area contributed by atoms with E-state index in [-0.39, 0.29) is 27.3 Å². The van der Waals surface area contributed by atoms with E-state index >= 15 is 0 Å². The number of pyridine rings is 1. The van der Waals surface area contributed by atoms with Crippen molar-refractivity contribution in [2.24, 2.45) is 0 Å². The first kappa shape index (κ1) is 14.0. The van der Waals surface area contributed by atoms with Crippen LogP contribution >= 0.6 is 11.6 Å². The second-order valence-corrected chi connectivity index (χ2v) is 4.64. The van der Waals surface area contributed by atoms with E-state index in [2.05, 4.69) is 4.98 Å². The molecule has 0 radical (unpaired) electrons. The van der Waals surface area contributed by atoms with Gasteiger partial charge in [-0.05, 0) is 26.0 Å². The highest BCUT2D eigenvalue weighted by Crippen LogP contribution is 2.36. The van der Waals surface area contributed by atoms with E-state index in [1.165, 1.54) is 18.2 Å². The summed E-state index contributed by atoms with van der Waals surface area (Å²) in [5.41, 5.74) is 1.49. The molecule has 0 unspecified atom stereocenters. The Hall–Kier alpha value is -2.43. The van der Waals surface area contributed by atoms with Gasteiger partial charge >= 0.3 is 0 Å². The van der Waals surface area contributed by atoms with Gasteiger partial charge < -0.3 is 0 Å². The average molecular weight is 286 g/mol. The lowest BCUT2D eigenvalue weighted by Gasteiger charge is -2.13. The van der Waals surface area contributed by atoms with Gasteiger partial charge in [0.15, 0.2) is 0 Å². The normalized spacial score (nSPS) is 9.90. The molecule has 1 aromatic carbocycles. The highest BCUT2D eigenvalue weighted by molar-refractivity contribution is 6.33. The van der Waals surface area contributed by atoms with Crippen LogP contribution in [0.1, 0.15) is 22.5 Å². The molecule has 0 amide bonds. The summed E-state index contributed by atoms with van der Waals surface area (Å²) in [5, 5.41) is 18.7. The first-order valence-corrected chi connectivity index (χ1v) is 6.14. The fourth-order valence-electron chi connectivity index (χ4n) is 2.11. The minimum Gasteiger partial charge on any atom is -0.256 e. The van der Waals surface area contributed by atoms with Crippen molar-refractivity contribution in [1.29, 1.82) is 10.5 Å². The van der Waals surface area contributed by atoms with Crippen molar-refractivity contribution in [3.63, 3.8) is 0 Å². The summed E-state index contributed by atoms with van der Waals surface area (Å²) in [5.74, 6) is -0.574. The van der Waals surface area contributed by atoms with E-state index in [1.807, 2.05) is 12.1 Å². The van der Waals surface area contributed by atoms with Gasteiger partial charge in [-0.1, -0.05) is 17.7 Å². The summed E-state index contributed by atoms with van der Waals surface area (Å²) in [6, 6.07) is 8.20. The SMILES string of the molecule is Cc1nc(C)c(C#N)c(-c2c(F)cccc2Cl)c1C#N. The van der Waals surface area contributed by atoms with Gasteiger partial charge in [0.05, 0.1) is 27.5 Å². The van der Waals surface area contributed by atoms with E-state index in [9.17, 15) is 14.9 Å². The predicted molar refractivity (Wildman–Crippen MR) is 73.5 cm³/mol. The molecule has 1 heterocycles. The number of nitriles is 2. The number of rotatable bonds is 1. The smallest absolute Gasteiger partial charge is 0.132 e. The highest BCUT2D eigenvalue weighted by atomic mass is 35.5. The van der Waals surface area contributed by atoms with Gasteiger partial charge in [-0.3, -0.25) is 4.98 Å². The Balaban J connectivity index is 3.01. The molecule has 3 nitrogen and oxygen atoms in total. The van der Waals surface area contributed by atoms with E-state index in [4.69, 9.17) is 11.6 Å². The van der Waals surface area contributed by atoms with Crippen LogP contribution in [-0.4, -0.2) is 4.98 Å². The standard InChI is InChI=1S/C15H9ClFN3/c1-8-10(6-18)14(11(7-19)9(2)20-8)15-12(16)4-3-5-13(15)17/h3-5H,1-2H3. The summed E-state index contributed by atoms with van der Waals surface area (Å²) in [4.78, 5) is 4.15. The molecule has 20 heavy (non-hydrogen) atoms. The number of aryl methyl sites for hydroxylation is 2. The number of aromatic nitrogens is 1. The molecule has 0 spiro atoms. The fraction of sp³-hybridized carbons (Fsp3) is 0.133. The number of halogens is 2. The first-order chi connectivity index (χ1) is 9.51. The van der Waals surface area contributed by atoms with E-state index < -0.39 is 5.82 Å². The Morgan fingerprint density at radius 3 is 2.05 bits per heavy atom. The van der Waals surface area contributed by atoms with Crippen molar-refractivity contribution in [2.45, 2.75) is 13.8 Å². The second-order valence-electron chi connectivity index (χ2n) is 4.23. The molecule has 0 saturated heterocycles. The van der Waals surface area contributed by atoms with Crippen molar-refractivity contribution in [1.82, 2.24) is 4.98 Å². The zero-order valence-corrected chi connectivity index (χ0v) is 11.6. The molecule has 2 rings (SSSR count). The Labute approximate surface area is 120 Å². The van der Waals surface area contributed by atoms with Crippen molar-refractivity contribution in [3.05, 3.63) is 51.6 Å². The number of hydrogen-bond acceptors (Lipinski definition) is 3. The largest absolute Gasteiger partial charge is 0.256 e. The van der Waals surface area contributed by atoms with Crippen LogP contribution in [0.25, 0.3) is 11.1 Å². The Morgan fingerprint density at radius 2 is 1.60 bits per heavy atom. The molecule has 1 aromatic heterocycles. The number of benzene rings is 1. The number of nitrogens with zero attached hydrogens (tertiary/aromatic N) is 3. The molecule has 0 aliphatic heterocycles. The highest BCUT2D eigenvalue weighted by Gasteiger charge is 2.22. The molecule has 0 N–H and O–H groups in total. The fourth-order valence-corrected chi connectivity index (χ4v) is 2.37. The van der Waals surface area contributed by atoms with Crippen LogP contribution in [0.4, 0.5) is 4.39 Å². The monoisotopic (exact) mass is 285 g/mol. The molecule has 2 aromatic rings. The second kappa shape index (κ2) is 5.28. The topological polar surface area (TPSA) is 60.5 Å². The van der Waals surface area contributed by atoms with Crippen LogP contribution < -0.4 is 0 Å². The predicted octanol–water partition coefficient (Wildman–Crippen LogP) is 3.90. The molecule has 0 saturated carbocycles. The molecule has 0 aliphatic carbocycles. The van der Waals surface area contributed by atoms with Crippen LogP contribution in [-0.2, 0) is 0 Å². The Kier molecular flexibility index (Phi) is 3.70. The molecule has 98 valence electrons. The van der Waals surface area contributed by atoms with Crippen LogP contribution in [0.15, 0.2) is 18.2 Å². The van der Waals surface area contributed by atoms with Crippen LogP contribution in [0.3, 0.4) is 0 Å². The summed E-state index contributed by atoms with van der Waals surface area (Å²) in [7, 11) is 0. The third-order valence-electron chi connectivity index (χ3n) is 3.00. The zero-order chi connectivity index (χ0) is 14.9. The van der Waals surface area contributed by atoms with Gasteiger partial charge in [0, 0.05) is 11.1 Å². The third-order valence-corrected chi connectivity index (χ3v) is 3.31. The van der Waals surface area contributed by atoms with Crippen molar-refractivity contribution >= 4 is 11.6 Å². The average Bonchev–Trinajstić information content (AvgIpc) is 2.38. The lowest BCUT2D eigenvalue weighted by Crippen LogP contribution is -2.02. The van der Waals surface area contributed by atoms with Crippen molar-refractivity contribution in [2.75, 3.05) is 0 Å². The minimum absolute atomic E-state index is 0.0656. The summed E-state index contributed by atoms with van der Waals surface area (Å²) >= 11 is 6.05. The van der Waals surface area contributed by atoms with Gasteiger partial charge in [0.2, 0.25) is 0 Å². The quantitative estimate of drug-likeness (QED) is 0.798. The summed E-state index contributed by atoms with van der Waals surface area (Å²) in [6.45, 7) is 3.29. The van der Waals surface area contributed by atoms with Crippen LogP contribution in [0, 0.1) is 42.3 Å². The van der Waals surface area contributed by atoms with Gasteiger partial charge in [-0.15, -0.1) is 0 Å². The van der Waals surface area contributed by atoms with Gasteiger partial charge in [-0.25, -0.2) is 4.39 Å². The minimum atomic E-state index is -0.574. The lowest BCUT2D eigenvalue weighted by atomic mass is 9.93. The van der Waals surface area contributed by atoms with Crippen molar-refractivity contribution < 1.29 is 4.39 Å². The third kappa shape index (κ3) is 2.11. The van der Waals surface area contributed by atoms with E-state index in [0.717, 1.165) is 0 Å². The van der Waals surface area contributed by atoms with Gasteiger partial charge in [0.1, 0.15) is 18.0 Å².